The first-order valence-electron chi connectivity index (χ1n) is 9.25. The van der Waals surface area contributed by atoms with Gasteiger partial charge in [-0.15, -0.1) is 0 Å². The first kappa shape index (κ1) is 17.6. The van der Waals surface area contributed by atoms with Gasteiger partial charge in [0.2, 0.25) is 0 Å². The summed E-state index contributed by atoms with van der Waals surface area (Å²) >= 11 is 0. The number of allylic oxidation sites excluding steroid dienone is 3. The van der Waals surface area contributed by atoms with Gasteiger partial charge in [0.1, 0.15) is 5.78 Å². The smallest absolute Gasteiger partial charge is 0.133 e. The van der Waals surface area contributed by atoms with E-state index in [9.17, 15) is 15.0 Å². The summed E-state index contributed by atoms with van der Waals surface area (Å²) in [6.07, 6.45) is 9.32. The van der Waals surface area contributed by atoms with Crippen LogP contribution in [0.4, 0.5) is 0 Å². The van der Waals surface area contributed by atoms with Crippen LogP contribution in [0.15, 0.2) is 35.5 Å². The molecule has 0 aromatic heterocycles. The van der Waals surface area contributed by atoms with E-state index in [2.05, 4.69) is 25.7 Å². The molecule has 0 radical (unpaired) electrons. The molecule has 0 saturated heterocycles. The molecule has 0 aromatic rings. The molecular formula is C21H30O3. The van der Waals surface area contributed by atoms with E-state index in [4.69, 9.17) is 0 Å². The van der Waals surface area contributed by atoms with Gasteiger partial charge in [0.25, 0.3) is 0 Å². The molecule has 3 aliphatic carbocycles. The lowest BCUT2D eigenvalue weighted by Crippen LogP contribution is -2.41. The third kappa shape index (κ3) is 3.16. The van der Waals surface area contributed by atoms with Gasteiger partial charge in [0, 0.05) is 5.92 Å². The van der Waals surface area contributed by atoms with Crippen LogP contribution in [0.3, 0.4) is 0 Å². The Morgan fingerprint density at radius 2 is 1.92 bits per heavy atom. The van der Waals surface area contributed by atoms with Gasteiger partial charge in [-0.3, -0.25) is 4.79 Å². The predicted octanol–water partition coefficient (Wildman–Crippen LogP) is 3.72. The van der Waals surface area contributed by atoms with E-state index in [1.165, 1.54) is 5.57 Å². The molecule has 5 atom stereocenters. The normalized spacial score (nSPS) is 43.2. The van der Waals surface area contributed by atoms with Crippen LogP contribution in [-0.2, 0) is 4.79 Å². The average molecular weight is 330 g/mol. The van der Waals surface area contributed by atoms with Crippen molar-refractivity contribution >= 4 is 5.78 Å². The van der Waals surface area contributed by atoms with E-state index in [0.717, 1.165) is 43.3 Å². The number of carbonyl (C=O) groups is 1. The fourth-order valence-corrected chi connectivity index (χ4v) is 5.37. The topological polar surface area (TPSA) is 57.5 Å². The fraction of sp³-hybridized carbons (Fsp3) is 0.667. The van der Waals surface area contributed by atoms with Crippen LogP contribution in [0, 0.1) is 17.3 Å². The largest absolute Gasteiger partial charge is 0.393 e. The van der Waals surface area contributed by atoms with Crippen molar-refractivity contribution in [3.63, 3.8) is 0 Å². The van der Waals surface area contributed by atoms with Crippen LogP contribution in [0.25, 0.3) is 0 Å². The Morgan fingerprint density at radius 1 is 1.17 bits per heavy atom. The van der Waals surface area contributed by atoms with E-state index >= 15 is 0 Å². The maximum Gasteiger partial charge on any atom is 0.133 e. The molecular weight excluding hydrogens is 300 g/mol. The molecule has 0 amide bonds. The van der Waals surface area contributed by atoms with E-state index in [1.807, 2.05) is 0 Å². The van der Waals surface area contributed by atoms with E-state index in [0.29, 0.717) is 18.8 Å². The minimum Gasteiger partial charge on any atom is -0.393 e. The van der Waals surface area contributed by atoms with Crippen LogP contribution in [0.5, 0.6) is 0 Å². The lowest BCUT2D eigenvalue weighted by molar-refractivity contribution is -0.125. The summed E-state index contributed by atoms with van der Waals surface area (Å²) in [5.74, 6) is 0.712. The van der Waals surface area contributed by atoms with Gasteiger partial charge in [0.05, 0.1) is 12.2 Å². The van der Waals surface area contributed by atoms with Crippen molar-refractivity contribution in [2.24, 2.45) is 17.3 Å². The van der Waals surface area contributed by atoms with Gasteiger partial charge in [-0.2, -0.15) is 0 Å². The average Bonchev–Trinajstić information content (AvgIpc) is 2.84. The zero-order valence-corrected chi connectivity index (χ0v) is 14.9. The van der Waals surface area contributed by atoms with Crippen molar-refractivity contribution in [2.45, 2.75) is 71.0 Å². The number of hydrogen-bond acceptors (Lipinski definition) is 3. The second kappa shape index (κ2) is 6.61. The Labute approximate surface area is 145 Å². The van der Waals surface area contributed by atoms with Gasteiger partial charge in [-0.1, -0.05) is 36.8 Å². The van der Waals surface area contributed by atoms with Gasteiger partial charge < -0.3 is 10.2 Å². The van der Waals surface area contributed by atoms with Crippen molar-refractivity contribution in [1.82, 2.24) is 0 Å². The number of Topliss-reactive ketones (excluding diaryl/α,β-unsaturated/α-hetero) is 1. The Balaban J connectivity index is 1.87. The summed E-state index contributed by atoms with van der Waals surface area (Å²) in [5.41, 5.74) is 3.39. The number of aliphatic hydroxyl groups is 2. The highest BCUT2D eigenvalue weighted by Gasteiger charge is 2.52. The molecule has 2 N–H and O–H groups in total. The summed E-state index contributed by atoms with van der Waals surface area (Å²) in [5, 5.41) is 20.3. The van der Waals surface area contributed by atoms with Crippen LogP contribution in [-0.4, -0.2) is 28.2 Å². The highest BCUT2D eigenvalue weighted by molar-refractivity contribution is 5.79. The molecule has 3 saturated carbocycles. The number of ketones is 1. The number of carbonyl (C=O) groups excluding carboxylic acids is 1. The van der Waals surface area contributed by atoms with Crippen molar-refractivity contribution < 1.29 is 15.0 Å². The monoisotopic (exact) mass is 330 g/mol. The van der Waals surface area contributed by atoms with Gasteiger partial charge in [-0.25, -0.2) is 0 Å². The molecule has 3 aliphatic rings. The van der Waals surface area contributed by atoms with Crippen LogP contribution >= 0.6 is 0 Å². The number of aliphatic hydroxyl groups excluding tert-OH is 2. The lowest BCUT2D eigenvalue weighted by atomic mass is 9.62. The zero-order valence-electron chi connectivity index (χ0n) is 14.9. The van der Waals surface area contributed by atoms with Gasteiger partial charge >= 0.3 is 0 Å². The van der Waals surface area contributed by atoms with Crippen molar-refractivity contribution in [3.8, 4) is 0 Å². The second-order valence-electron chi connectivity index (χ2n) is 8.29. The first-order valence-corrected chi connectivity index (χ1v) is 9.25. The SMILES string of the molecule is C=C1CC[C@@H](O)C/C1=C/C=C1\C[C@@H](O)C[C@]2(C)[C@@H](C(C)=O)CC[C@@H]12. The Kier molecular flexibility index (Phi) is 4.85. The molecule has 0 aliphatic heterocycles. The molecule has 0 heterocycles. The maximum atomic E-state index is 12.1. The van der Waals surface area contributed by atoms with E-state index in [1.54, 1.807) is 6.92 Å². The lowest BCUT2D eigenvalue weighted by Gasteiger charge is -2.43. The molecule has 132 valence electrons. The molecule has 0 unspecified atom stereocenters. The van der Waals surface area contributed by atoms with Crippen LogP contribution in [0.2, 0.25) is 0 Å². The molecule has 0 aromatic carbocycles. The zero-order chi connectivity index (χ0) is 17.5. The molecule has 3 rings (SSSR count). The number of hydrogen-bond donors (Lipinski definition) is 2. The van der Waals surface area contributed by atoms with Crippen molar-refractivity contribution in [1.29, 1.82) is 0 Å². The van der Waals surface area contributed by atoms with E-state index in [-0.39, 0.29) is 29.3 Å². The third-order valence-electron chi connectivity index (χ3n) is 6.61. The standard InChI is InChI=1S/C21H30O3/c1-13-4-7-17(23)10-15(13)5-6-16-11-18(24)12-21(3)19(14(2)22)8-9-20(16)21/h5-6,17-20,23-24H,1,4,7-12H2,2-3H3/b15-5-,16-6+/t17-,18-,19-,20+,21-/m1/s1. The molecule has 0 spiro atoms. The highest BCUT2D eigenvalue weighted by atomic mass is 16.3. The summed E-state index contributed by atoms with van der Waals surface area (Å²) in [6, 6.07) is 0. The van der Waals surface area contributed by atoms with Crippen molar-refractivity contribution in [2.75, 3.05) is 0 Å². The summed E-state index contributed by atoms with van der Waals surface area (Å²) in [6.45, 7) is 8.00. The highest BCUT2D eigenvalue weighted by Crippen LogP contribution is 2.57. The quantitative estimate of drug-likeness (QED) is 0.811. The van der Waals surface area contributed by atoms with Crippen LogP contribution < -0.4 is 0 Å². The molecule has 0 bridgehead atoms. The first-order chi connectivity index (χ1) is 11.3. The Morgan fingerprint density at radius 3 is 2.62 bits per heavy atom. The maximum absolute atomic E-state index is 12.1. The minimum atomic E-state index is -0.365. The molecule has 24 heavy (non-hydrogen) atoms. The van der Waals surface area contributed by atoms with Crippen LogP contribution in [0.1, 0.15) is 58.8 Å². The Hall–Kier alpha value is -1.19. The van der Waals surface area contributed by atoms with E-state index < -0.39 is 0 Å². The fourth-order valence-electron chi connectivity index (χ4n) is 5.37. The summed E-state index contributed by atoms with van der Waals surface area (Å²) < 4.78 is 0. The molecule has 3 nitrogen and oxygen atoms in total. The molecule has 3 fully saturated rings. The predicted molar refractivity (Wildman–Crippen MR) is 95.4 cm³/mol. The second-order valence-corrected chi connectivity index (χ2v) is 8.29. The Bertz CT molecular complexity index is 600. The third-order valence-corrected chi connectivity index (χ3v) is 6.61. The van der Waals surface area contributed by atoms with Crippen molar-refractivity contribution in [3.05, 3.63) is 35.5 Å². The number of rotatable bonds is 2. The van der Waals surface area contributed by atoms with Gasteiger partial charge in [0.15, 0.2) is 0 Å². The summed E-state index contributed by atoms with van der Waals surface area (Å²) in [7, 11) is 0. The summed E-state index contributed by atoms with van der Waals surface area (Å²) in [4.78, 5) is 12.1. The minimum absolute atomic E-state index is 0.0694. The molecule has 3 heteroatoms. The number of fused-ring (bicyclic) bond motifs is 1. The van der Waals surface area contributed by atoms with Gasteiger partial charge in [-0.05, 0) is 68.8 Å².